The number of hydrogen-bond acceptors (Lipinski definition) is 4. The number of aromatic nitrogens is 1. The quantitative estimate of drug-likeness (QED) is 0.782. The second-order valence-electron chi connectivity index (χ2n) is 4.59. The Kier molecular flexibility index (Phi) is 4.76. The predicted molar refractivity (Wildman–Crippen MR) is 70.5 cm³/mol. The van der Waals surface area contributed by atoms with Crippen LogP contribution in [-0.4, -0.2) is 61.5 Å². The summed E-state index contributed by atoms with van der Waals surface area (Å²) in [5.41, 5.74) is 0. The van der Waals surface area contributed by atoms with Crippen molar-refractivity contribution < 1.29 is 21.6 Å². The summed E-state index contributed by atoms with van der Waals surface area (Å²) < 4.78 is 62.7. The fourth-order valence-corrected chi connectivity index (χ4v) is 3.93. The average molecular weight is 344 g/mol. The fourth-order valence-electron chi connectivity index (χ4n) is 2.08. The van der Waals surface area contributed by atoms with Gasteiger partial charge in [0.2, 0.25) is 10.0 Å². The van der Waals surface area contributed by atoms with Gasteiger partial charge in [0, 0.05) is 32.4 Å². The monoisotopic (exact) mass is 343 g/mol. The maximum Gasteiger partial charge on any atom is 0.401 e. The smallest absolute Gasteiger partial charge is 0.292 e. The van der Waals surface area contributed by atoms with Gasteiger partial charge < -0.3 is 0 Å². The topological polar surface area (TPSA) is 53.5 Å². The van der Waals surface area contributed by atoms with Gasteiger partial charge in [-0.3, -0.25) is 4.90 Å². The Morgan fingerprint density at radius 2 is 1.86 bits per heavy atom. The van der Waals surface area contributed by atoms with Gasteiger partial charge in [-0.25, -0.2) is 13.4 Å². The summed E-state index contributed by atoms with van der Waals surface area (Å²) in [5, 5.41) is -0.143. The van der Waals surface area contributed by atoms with Crippen molar-refractivity contribution in [3.8, 4) is 0 Å². The summed E-state index contributed by atoms with van der Waals surface area (Å²) in [6.07, 6.45) is -2.92. The van der Waals surface area contributed by atoms with E-state index in [1.165, 1.54) is 23.2 Å². The predicted octanol–water partition coefficient (Wildman–Crippen LogP) is 1.60. The number of piperazine rings is 1. The fraction of sp³-hybridized carbons (Fsp3) is 0.545. The van der Waals surface area contributed by atoms with Crippen LogP contribution in [0.25, 0.3) is 0 Å². The molecule has 0 atom stereocenters. The Hall–Kier alpha value is -0.900. The van der Waals surface area contributed by atoms with Crippen molar-refractivity contribution in [2.45, 2.75) is 11.1 Å². The summed E-state index contributed by atoms with van der Waals surface area (Å²) in [4.78, 5) is 4.75. The first kappa shape index (κ1) is 16.5. The van der Waals surface area contributed by atoms with E-state index in [0.29, 0.717) is 0 Å². The second kappa shape index (κ2) is 6.07. The van der Waals surface area contributed by atoms with Crippen LogP contribution in [0.5, 0.6) is 0 Å². The van der Waals surface area contributed by atoms with E-state index in [1.807, 2.05) is 0 Å². The van der Waals surface area contributed by atoms with Gasteiger partial charge in [-0.2, -0.15) is 17.5 Å². The van der Waals surface area contributed by atoms with Crippen LogP contribution in [0.1, 0.15) is 0 Å². The first-order valence-corrected chi connectivity index (χ1v) is 7.92. The molecule has 10 heteroatoms. The van der Waals surface area contributed by atoms with Crippen LogP contribution in [0.2, 0.25) is 5.15 Å². The Balaban J connectivity index is 2.07. The van der Waals surface area contributed by atoms with Gasteiger partial charge >= 0.3 is 6.18 Å². The van der Waals surface area contributed by atoms with Gasteiger partial charge in [-0.15, -0.1) is 0 Å². The standard InChI is InChI=1S/C11H13ClF3N3O2S/c12-10-9(2-1-3-16-10)21(19,20)18-6-4-17(5-7-18)8-11(13,14)15/h1-3H,4-8H2. The third-order valence-corrected chi connectivity index (χ3v) is 5.42. The van der Waals surface area contributed by atoms with E-state index in [0.717, 1.165) is 4.31 Å². The zero-order valence-corrected chi connectivity index (χ0v) is 12.4. The number of hydrogen-bond donors (Lipinski definition) is 0. The summed E-state index contributed by atoms with van der Waals surface area (Å²) in [6, 6.07) is 2.77. The van der Waals surface area contributed by atoms with E-state index in [-0.39, 0.29) is 36.2 Å². The minimum atomic E-state index is -4.28. The molecule has 0 unspecified atom stereocenters. The molecule has 0 saturated carbocycles. The van der Waals surface area contributed by atoms with Crippen LogP contribution >= 0.6 is 11.6 Å². The second-order valence-corrected chi connectivity index (χ2v) is 6.85. The number of halogens is 4. The molecule has 0 spiro atoms. The molecule has 0 N–H and O–H groups in total. The number of alkyl halides is 3. The molecule has 1 fully saturated rings. The molecule has 1 aromatic heterocycles. The average Bonchev–Trinajstić information content (AvgIpc) is 2.37. The third-order valence-electron chi connectivity index (χ3n) is 3.08. The van der Waals surface area contributed by atoms with Gasteiger partial charge in [-0.05, 0) is 12.1 Å². The summed E-state index contributed by atoms with van der Waals surface area (Å²) in [5.74, 6) is 0. The molecule has 1 aromatic rings. The van der Waals surface area contributed by atoms with Gasteiger partial charge in [0.1, 0.15) is 10.0 Å². The summed E-state index contributed by atoms with van der Waals surface area (Å²) in [7, 11) is -3.83. The molecule has 1 saturated heterocycles. The highest BCUT2D eigenvalue weighted by atomic mass is 35.5. The molecule has 0 aromatic carbocycles. The molecular weight excluding hydrogens is 331 g/mol. The zero-order chi connectivity index (χ0) is 15.7. The van der Waals surface area contributed by atoms with Gasteiger partial charge in [0.05, 0.1) is 6.54 Å². The van der Waals surface area contributed by atoms with Crippen LogP contribution in [0.3, 0.4) is 0 Å². The van der Waals surface area contributed by atoms with Gasteiger partial charge in [-0.1, -0.05) is 11.6 Å². The zero-order valence-electron chi connectivity index (χ0n) is 10.8. The molecule has 0 aliphatic carbocycles. The number of rotatable bonds is 3. The van der Waals surface area contributed by atoms with Crippen LogP contribution in [-0.2, 0) is 10.0 Å². The van der Waals surface area contributed by atoms with Crippen molar-refractivity contribution in [2.75, 3.05) is 32.7 Å². The van der Waals surface area contributed by atoms with E-state index in [4.69, 9.17) is 11.6 Å². The molecule has 2 heterocycles. The molecule has 1 aliphatic heterocycles. The normalized spacial score (nSPS) is 18.9. The number of nitrogens with zero attached hydrogens (tertiary/aromatic N) is 3. The van der Waals surface area contributed by atoms with Crippen LogP contribution < -0.4 is 0 Å². The van der Waals surface area contributed by atoms with Crippen molar-refractivity contribution in [3.05, 3.63) is 23.5 Å². The lowest BCUT2D eigenvalue weighted by molar-refractivity contribution is -0.148. The summed E-state index contributed by atoms with van der Waals surface area (Å²) in [6.45, 7) is -1.00. The highest BCUT2D eigenvalue weighted by Gasteiger charge is 2.35. The van der Waals surface area contributed by atoms with Crippen LogP contribution in [0, 0.1) is 0 Å². The minimum Gasteiger partial charge on any atom is -0.292 e. The lowest BCUT2D eigenvalue weighted by Gasteiger charge is -2.34. The molecule has 0 amide bonds. The SMILES string of the molecule is O=S(=O)(c1cccnc1Cl)N1CCN(CC(F)(F)F)CC1. The van der Waals surface area contributed by atoms with Crippen LogP contribution in [0.4, 0.5) is 13.2 Å². The van der Waals surface area contributed by atoms with Crippen molar-refractivity contribution in [1.29, 1.82) is 0 Å². The Morgan fingerprint density at radius 1 is 1.24 bits per heavy atom. The van der Waals surface area contributed by atoms with E-state index in [2.05, 4.69) is 4.98 Å². The maximum absolute atomic E-state index is 12.4. The lowest BCUT2D eigenvalue weighted by atomic mass is 10.3. The molecule has 2 rings (SSSR count). The van der Waals surface area contributed by atoms with Crippen molar-refractivity contribution in [3.63, 3.8) is 0 Å². The minimum absolute atomic E-state index is 0.0103. The van der Waals surface area contributed by atoms with Crippen molar-refractivity contribution in [1.82, 2.24) is 14.2 Å². The van der Waals surface area contributed by atoms with E-state index >= 15 is 0 Å². The Labute approximate surface area is 125 Å². The molecule has 0 radical (unpaired) electrons. The Morgan fingerprint density at radius 3 is 2.38 bits per heavy atom. The number of pyridine rings is 1. The van der Waals surface area contributed by atoms with Crippen molar-refractivity contribution in [2.24, 2.45) is 0 Å². The molecule has 21 heavy (non-hydrogen) atoms. The number of sulfonamides is 1. The molecule has 1 aliphatic rings. The van der Waals surface area contributed by atoms with Crippen molar-refractivity contribution >= 4 is 21.6 Å². The maximum atomic E-state index is 12.4. The molecule has 0 bridgehead atoms. The highest BCUT2D eigenvalue weighted by molar-refractivity contribution is 7.89. The molecule has 118 valence electrons. The third kappa shape index (κ3) is 4.06. The first-order chi connectivity index (χ1) is 9.70. The molecular formula is C11H13ClF3N3O2S. The van der Waals surface area contributed by atoms with Gasteiger partial charge in [0.15, 0.2) is 0 Å². The highest BCUT2D eigenvalue weighted by Crippen LogP contribution is 2.24. The van der Waals surface area contributed by atoms with E-state index in [1.54, 1.807) is 0 Å². The molecule has 5 nitrogen and oxygen atoms in total. The van der Waals surface area contributed by atoms with E-state index < -0.39 is 22.7 Å². The Bertz CT molecular complexity index is 601. The first-order valence-electron chi connectivity index (χ1n) is 6.10. The lowest BCUT2D eigenvalue weighted by Crippen LogP contribution is -2.50. The van der Waals surface area contributed by atoms with E-state index in [9.17, 15) is 21.6 Å². The summed E-state index contributed by atoms with van der Waals surface area (Å²) >= 11 is 5.77. The van der Waals surface area contributed by atoms with Crippen LogP contribution in [0.15, 0.2) is 23.2 Å². The largest absolute Gasteiger partial charge is 0.401 e. The van der Waals surface area contributed by atoms with Gasteiger partial charge in [0.25, 0.3) is 0 Å².